The number of carbonyl (C=O) groups is 1. The quantitative estimate of drug-likeness (QED) is 0.533. The van der Waals surface area contributed by atoms with Crippen molar-refractivity contribution in [2.45, 2.75) is 32.4 Å². The number of hydrogen-bond donors (Lipinski definition) is 1. The van der Waals surface area contributed by atoms with Crippen LogP contribution < -0.4 is 10.2 Å². The Labute approximate surface area is 177 Å². The van der Waals surface area contributed by atoms with Crippen LogP contribution in [0.25, 0.3) is 0 Å². The lowest BCUT2D eigenvalue weighted by Gasteiger charge is -2.45. The van der Waals surface area contributed by atoms with Crippen LogP contribution in [0.3, 0.4) is 0 Å². The molecule has 0 aromatic heterocycles. The van der Waals surface area contributed by atoms with Gasteiger partial charge in [0, 0.05) is 33.9 Å². The number of hydrogen-bond acceptors (Lipinski definition) is 2. The molecule has 0 unspecified atom stereocenters. The first-order valence-corrected chi connectivity index (χ1v) is 10.5. The Morgan fingerprint density at radius 2 is 1.62 bits per heavy atom. The van der Waals surface area contributed by atoms with Crippen molar-refractivity contribution in [1.82, 2.24) is 0 Å². The van der Waals surface area contributed by atoms with Gasteiger partial charge in [-0.2, -0.15) is 0 Å². The molecule has 0 aliphatic carbocycles. The molecule has 3 atom stereocenters. The number of anilines is 2. The van der Waals surface area contributed by atoms with E-state index in [2.05, 4.69) is 43.4 Å². The molecule has 3 nitrogen and oxygen atoms in total. The number of carbonyl (C=O) groups excluding carboxylic acids is 1. The van der Waals surface area contributed by atoms with Gasteiger partial charge in [0.2, 0.25) is 0 Å². The van der Waals surface area contributed by atoms with Gasteiger partial charge in [0.15, 0.2) is 0 Å². The molecule has 1 N–H and O–H groups in total. The summed E-state index contributed by atoms with van der Waals surface area (Å²) >= 11 is 6.03. The molecule has 4 rings (SSSR count). The van der Waals surface area contributed by atoms with Gasteiger partial charge in [-0.3, -0.25) is 4.79 Å². The summed E-state index contributed by atoms with van der Waals surface area (Å²) in [4.78, 5) is 15.5. The lowest BCUT2D eigenvalue weighted by atomic mass is 9.80. The molecular formula is C25H25ClN2O. The maximum absolute atomic E-state index is 13.5. The fraction of sp³-hybridized carbons (Fsp3) is 0.240. The van der Waals surface area contributed by atoms with Crippen molar-refractivity contribution in [3.63, 3.8) is 0 Å². The van der Waals surface area contributed by atoms with E-state index in [1.807, 2.05) is 35.2 Å². The minimum Gasteiger partial charge on any atom is -0.378 e. The topological polar surface area (TPSA) is 32.3 Å². The zero-order chi connectivity index (χ0) is 20.4. The molecule has 1 amide bonds. The maximum atomic E-state index is 13.5. The van der Waals surface area contributed by atoms with E-state index in [-0.39, 0.29) is 23.9 Å². The van der Waals surface area contributed by atoms with Gasteiger partial charge in [-0.15, -0.1) is 0 Å². The third kappa shape index (κ3) is 3.75. The molecule has 1 aliphatic heterocycles. The average molecular weight is 405 g/mol. The number of halogens is 1. The van der Waals surface area contributed by atoms with Crippen LogP contribution in [0.15, 0.2) is 78.9 Å². The van der Waals surface area contributed by atoms with Crippen LogP contribution in [0.1, 0.15) is 42.2 Å². The molecule has 0 saturated heterocycles. The van der Waals surface area contributed by atoms with Gasteiger partial charge in [0.1, 0.15) is 0 Å². The molecule has 3 aromatic carbocycles. The van der Waals surface area contributed by atoms with Gasteiger partial charge in [-0.25, -0.2) is 0 Å². The van der Waals surface area contributed by atoms with Crippen molar-refractivity contribution < 1.29 is 4.79 Å². The number of fused-ring (bicyclic) bond motifs is 1. The van der Waals surface area contributed by atoms with E-state index in [0.29, 0.717) is 10.6 Å². The third-order valence-corrected chi connectivity index (χ3v) is 6.07. The molecule has 4 heteroatoms. The maximum Gasteiger partial charge on any atom is 0.258 e. The molecule has 1 heterocycles. The Morgan fingerprint density at radius 3 is 2.31 bits per heavy atom. The fourth-order valence-corrected chi connectivity index (χ4v) is 4.48. The lowest BCUT2D eigenvalue weighted by Crippen LogP contribution is -2.50. The predicted molar refractivity (Wildman–Crippen MR) is 121 cm³/mol. The molecule has 0 saturated carbocycles. The van der Waals surface area contributed by atoms with Crippen LogP contribution in [-0.4, -0.2) is 11.9 Å². The Bertz CT molecular complexity index is 987. The summed E-state index contributed by atoms with van der Waals surface area (Å²) in [6.45, 7) is 4.38. The lowest BCUT2D eigenvalue weighted by molar-refractivity contribution is 0.0960. The molecule has 3 aromatic rings. The zero-order valence-electron chi connectivity index (χ0n) is 16.7. The molecule has 29 heavy (non-hydrogen) atoms. The number of para-hydroxylation sites is 2. The summed E-state index contributed by atoms with van der Waals surface area (Å²) in [7, 11) is 0. The number of nitrogens with zero attached hydrogens (tertiary/aromatic N) is 1. The van der Waals surface area contributed by atoms with Crippen LogP contribution in [0.2, 0.25) is 5.02 Å². The monoisotopic (exact) mass is 404 g/mol. The third-order valence-electron chi connectivity index (χ3n) is 5.82. The van der Waals surface area contributed by atoms with Gasteiger partial charge in [0.05, 0.1) is 6.04 Å². The minimum atomic E-state index is 0.0194. The van der Waals surface area contributed by atoms with E-state index in [0.717, 1.165) is 23.4 Å². The fourth-order valence-electron chi connectivity index (χ4n) is 4.36. The second-order valence-corrected chi connectivity index (χ2v) is 8.00. The minimum absolute atomic E-state index is 0.0194. The van der Waals surface area contributed by atoms with Crippen LogP contribution in [-0.2, 0) is 0 Å². The van der Waals surface area contributed by atoms with Crippen LogP contribution >= 0.6 is 11.6 Å². The second kappa shape index (κ2) is 8.30. The smallest absolute Gasteiger partial charge is 0.258 e. The summed E-state index contributed by atoms with van der Waals surface area (Å²) in [5.74, 6) is 0.261. The Balaban J connectivity index is 1.76. The van der Waals surface area contributed by atoms with Gasteiger partial charge in [0.25, 0.3) is 5.91 Å². The first kappa shape index (κ1) is 19.5. The highest BCUT2D eigenvalue weighted by molar-refractivity contribution is 6.30. The molecule has 1 aliphatic rings. The molecule has 0 spiro atoms. The van der Waals surface area contributed by atoms with Gasteiger partial charge in [-0.05, 0) is 54.4 Å². The van der Waals surface area contributed by atoms with Crippen molar-refractivity contribution in [3.8, 4) is 0 Å². The number of amides is 1. The molecule has 0 fully saturated rings. The van der Waals surface area contributed by atoms with E-state index in [1.165, 1.54) is 0 Å². The van der Waals surface area contributed by atoms with Crippen LogP contribution in [0.4, 0.5) is 11.4 Å². The molecule has 148 valence electrons. The average Bonchev–Trinajstić information content (AvgIpc) is 2.76. The molecule has 0 bridgehead atoms. The van der Waals surface area contributed by atoms with Crippen molar-refractivity contribution in [3.05, 3.63) is 95.0 Å². The molecule has 0 radical (unpaired) electrons. The highest BCUT2D eigenvalue weighted by Gasteiger charge is 2.40. The first-order chi connectivity index (χ1) is 14.1. The van der Waals surface area contributed by atoms with E-state index in [4.69, 9.17) is 11.6 Å². The number of rotatable bonds is 4. The standard InChI is InChI=1S/C25H25ClN2O/c1-3-22-17(2)24(27-20-9-5-4-6-10-20)21-11-7-8-12-23(21)28(22)25(29)18-13-15-19(26)16-14-18/h4-17,22,24,27H,3H2,1-2H3/t17-,22-,24+/m1/s1. The Kier molecular flexibility index (Phi) is 5.59. The summed E-state index contributed by atoms with van der Waals surface area (Å²) in [5, 5.41) is 4.33. The highest BCUT2D eigenvalue weighted by atomic mass is 35.5. The SMILES string of the molecule is CC[C@@H]1[C@@H](C)[C@H](Nc2ccccc2)c2ccccc2N1C(=O)c1ccc(Cl)cc1. The number of nitrogens with one attached hydrogen (secondary N) is 1. The zero-order valence-corrected chi connectivity index (χ0v) is 17.4. The van der Waals surface area contributed by atoms with Gasteiger partial charge >= 0.3 is 0 Å². The summed E-state index contributed by atoms with van der Waals surface area (Å²) in [5.41, 5.74) is 3.87. The van der Waals surface area contributed by atoms with E-state index in [9.17, 15) is 4.79 Å². The second-order valence-electron chi connectivity index (χ2n) is 7.56. The van der Waals surface area contributed by atoms with Gasteiger partial charge < -0.3 is 10.2 Å². The van der Waals surface area contributed by atoms with Crippen molar-refractivity contribution in [2.24, 2.45) is 5.92 Å². The van der Waals surface area contributed by atoms with E-state index >= 15 is 0 Å². The normalized spacial score (nSPS) is 20.8. The van der Waals surface area contributed by atoms with Crippen molar-refractivity contribution in [1.29, 1.82) is 0 Å². The van der Waals surface area contributed by atoms with Crippen LogP contribution in [0, 0.1) is 5.92 Å². The van der Waals surface area contributed by atoms with E-state index < -0.39 is 0 Å². The summed E-state index contributed by atoms with van der Waals surface area (Å²) < 4.78 is 0. The van der Waals surface area contributed by atoms with Crippen LogP contribution in [0.5, 0.6) is 0 Å². The number of benzene rings is 3. The first-order valence-electron chi connectivity index (χ1n) is 10.1. The molecular weight excluding hydrogens is 380 g/mol. The van der Waals surface area contributed by atoms with Gasteiger partial charge in [-0.1, -0.05) is 61.8 Å². The summed E-state index contributed by atoms with van der Waals surface area (Å²) in [6, 6.07) is 25.9. The van der Waals surface area contributed by atoms with E-state index in [1.54, 1.807) is 24.3 Å². The Morgan fingerprint density at radius 1 is 0.966 bits per heavy atom. The largest absolute Gasteiger partial charge is 0.378 e. The Hall–Kier alpha value is -2.78. The van der Waals surface area contributed by atoms with Crippen molar-refractivity contribution in [2.75, 3.05) is 10.2 Å². The summed E-state index contributed by atoms with van der Waals surface area (Å²) in [6.07, 6.45) is 0.877. The highest BCUT2D eigenvalue weighted by Crippen LogP contribution is 2.43. The predicted octanol–water partition coefficient (Wildman–Crippen LogP) is 6.57. The van der Waals surface area contributed by atoms with Crippen molar-refractivity contribution >= 4 is 28.9 Å².